The Morgan fingerprint density at radius 1 is 0.625 bits per heavy atom. The first-order chi connectivity index (χ1) is 19.7. The van der Waals surface area contributed by atoms with Gasteiger partial charge in [0.1, 0.15) is 0 Å². The van der Waals surface area contributed by atoms with Crippen LogP contribution in [0.5, 0.6) is 0 Å². The van der Waals surface area contributed by atoms with Crippen LogP contribution in [0.3, 0.4) is 0 Å². The minimum Gasteiger partial charge on any atom is -0.394 e. The summed E-state index contributed by atoms with van der Waals surface area (Å²) in [5, 5.41) is 22.9. The average molecular weight is 560 g/mol. The van der Waals surface area contributed by atoms with Gasteiger partial charge in [-0.05, 0) is 51.4 Å². The van der Waals surface area contributed by atoms with Gasteiger partial charge in [-0.3, -0.25) is 4.79 Å². The van der Waals surface area contributed by atoms with Gasteiger partial charge in [0.15, 0.2) is 0 Å². The third kappa shape index (κ3) is 27.9. The van der Waals surface area contributed by atoms with E-state index in [0.717, 1.165) is 64.2 Å². The predicted octanol–water partition coefficient (Wildman–Crippen LogP) is 9.67. The fraction of sp³-hybridized carbons (Fsp3) is 0.750. The second-order valence-corrected chi connectivity index (χ2v) is 11.2. The molecule has 2 unspecified atom stereocenters. The molecule has 0 aliphatic carbocycles. The predicted molar refractivity (Wildman–Crippen MR) is 175 cm³/mol. The Kier molecular flexibility index (Phi) is 30.6. The minimum absolute atomic E-state index is 0.0514. The first-order valence-electron chi connectivity index (χ1n) is 16.8. The van der Waals surface area contributed by atoms with Crippen molar-refractivity contribution in [1.29, 1.82) is 0 Å². The van der Waals surface area contributed by atoms with Crippen LogP contribution in [0.15, 0.2) is 48.6 Å². The van der Waals surface area contributed by atoms with Gasteiger partial charge in [0.05, 0.1) is 18.8 Å². The van der Waals surface area contributed by atoms with Gasteiger partial charge in [-0.15, -0.1) is 0 Å². The lowest BCUT2D eigenvalue weighted by molar-refractivity contribution is -0.123. The van der Waals surface area contributed by atoms with E-state index in [1.54, 1.807) is 0 Å². The SMILES string of the molecule is CC/C=C\C/C=C\C/C=C\C/C=C\CCCCCCCCC(=O)NC(CO)C(O)CCCCCCCCCCC. The number of rotatable bonds is 29. The highest BCUT2D eigenvalue weighted by Crippen LogP contribution is 2.13. The Bertz CT molecular complexity index is 652. The molecule has 1 amide bonds. The van der Waals surface area contributed by atoms with Gasteiger partial charge in [0.25, 0.3) is 0 Å². The molecule has 0 aliphatic heterocycles. The lowest BCUT2D eigenvalue weighted by atomic mass is 10.0. The second kappa shape index (κ2) is 31.9. The Balaban J connectivity index is 3.64. The summed E-state index contributed by atoms with van der Waals surface area (Å²) in [5.74, 6) is -0.0514. The van der Waals surface area contributed by atoms with E-state index in [0.29, 0.717) is 12.8 Å². The number of carbonyl (C=O) groups excluding carboxylic acids is 1. The number of unbranched alkanes of at least 4 members (excludes halogenated alkanes) is 14. The molecule has 40 heavy (non-hydrogen) atoms. The van der Waals surface area contributed by atoms with E-state index in [4.69, 9.17) is 0 Å². The van der Waals surface area contributed by atoms with Crippen LogP contribution < -0.4 is 5.32 Å². The van der Waals surface area contributed by atoms with Gasteiger partial charge in [-0.25, -0.2) is 0 Å². The third-order valence-corrected chi connectivity index (χ3v) is 7.35. The van der Waals surface area contributed by atoms with Crippen molar-refractivity contribution in [2.45, 2.75) is 167 Å². The molecule has 0 radical (unpaired) electrons. The van der Waals surface area contributed by atoms with Crippen molar-refractivity contribution in [3.8, 4) is 0 Å². The fourth-order valence-corrected chi connectivity index (χ4v) is 4.76. The number of hydrogen-bond donors (Lipinski definition) is 3. The zero-order valence-electron chi connectivity index (χ0n) is 26.3. The molecular weight excluding hydrogens is 494 g/mol. The standard InChI is InChI=1S/C36H65NO3/c1-3-5-7-9-11-13-14-15-16-17-18-19-20-21-22-24-26-28-30-32-36(40)37-34(33-38)35(39)31-29-27-25-23-12-10-8-6-4-2/h5,7,11,13,15-16,18-19,34-35,38-39H,3-4,6,8-10,12,14,17,20-33H2,1-2H3,(H,37,40)/b7-5-,13-11-,16-15-,19-18-. The van der Waals surface area contributed by atoms with Crippen molar-refractivity contribution in [1.82, 2.24) is 5.32 Å². The zero-order valence-corrected chi connectivity index (χ0v) is 26.3. The van der Waals surface area contributed by atoms with Crippen LogP contribution in [0.25, 0.3) is 0 Å². The van der Waals surface area contributed by atoms with Gasteiger partial charge < -0.3 is 15.5 Å². The summed E-state index contributed by atoms with van der Waals surface area (Å²) in [6.07, 6.45) is 41.6. The molecule has 2 atom stereocenters. The van der Waals surface area contributed by atoms with E-state index in [-0.39, 0.29) is 12.5 Å². The molecule has 4 nitrogen and oxygen atoms in total. The largest absolute Gasteiger partial charge is 0.394 e. The second-order valence-electron chi connectivity index (χ2n) is 11.2. The molecule has 0 saturated heterocycles. The molecule has 0 saturated carbocycles. The highest BCUT2D eigenvalue weighted by atomic mass is 16.3. The average Bonchev–Trinajstić information content (AvgIpc) is 2.96. The molecule has 0 heterocycles. The summed E-state index contributed by atoms with van der Waals surface area (Å²) in [4.78, 5) is 12.3. The molecule has 3 N–H and O–H groups in total. The molecule has 0 fully saturated rings. The summed E-state index contributed by atoms with van der Waals surface area (Å²) in [6.45, 7) is 4.19. The van der Waals surface area contributed by atoms with Crippen LogP contribution in [0.4, 0.5) is 0 Å². The molecule has 0 rings (SSSR count). The number of amides is 1. The van der Waals surface area contributed by atoms with E-state index in [1.807, 2.05) is 0 Å². The van der Waals surface area contributed by atoms with Crippen LogP contribution in [0.1, 0.15) is 155 Å². The maximum atomic E-state index is 12.3. The Morgan fingerprint density at radius 3 is 1.65 bits per heavy atom. The van der Waals surface area contributed by atoms with E-state index >= 15 is 0 Å². The summed E-state index contributed by atoms with van der Waals surface area (Å²) >= 11 is 0. The monoisotopic (exact) mass is 559 g/mol. The van der Waals surface area contributed by atoms with E-state index in [2.05, 4.69) is 67.8 Å². The van der Waals surface area contributed by atoms with Gasteiger partial charge in [0.2, 0.25) is 5.91 Å². The van der Waals surface area contributed by atoms with E-state index in [9.17, 15) is 15.0 Å². The Morgan fingerprint density at radius 2 is 1.10 bits per heavy atom. The smallest absolute Gasteiger partial charge is 0.220 e. The molecule has 0 aromatic carbocycles. The number of carbonyl (C=O) groups is 1. The van der Waals surface area contributed by atoms with Crippen molar-refractivity contribution in [3.63, 3.8) is 0 Å². The van der Waals surface area contributed by atoms with Crippen molar-refractivity contribution in [3.05, 3.63) is 48.6 Å². The minimum atomic E-state index is -0.663. The van der Waals surface area contributed by atoms with Gasteiger partial charge in [-0.1, -0.05) is 146 Å². The lowest BCUT2D eigenvalue weighted by Crippen LogP contribution is -2.45. The Labute approximate surface area is 248 Å². The summed E-state index contributed by atoms with van der Waals surface area (Å²) in [6, 6.07) is -0.542. The molecule has 0 spiro atoms. The molecule has 0 aliphatic rings. The lowest BCUT2D eigenvalue weighted by Gasteiger charge is -2.22. The molecular formula is C36H65NO3. The van der Waals surface area contributed by atoms with E-state index in [1.165, 1.54) is 64.2 Å². The van der Waals surface area contributed by atoms with Crippen LogP contribution in [0, 0.1) is 0 Å². The maximum absolute atomic E-state index is 12.3. The maximum Gasteiger partial charge on any atom is 0.220 e. The number of aliphatic hydroxyl groups excluding tert-OH is 2. The summed E-state index contributed by atoms with van der Waals surface area (Å²) in [5.41, 5.74) is 0. The third-order valence-electron chi connectivity index (χ3n) is 7.35. The normalized spacial score (nSPS) is 13.8. The summed E-state index contributed by atoms with van der Waals surface area (Å²) in [7, 11) is 0. The topological polar surface area (TPSA) is 69.6 Å². The highest BCUT2D eigenvalue weighted by molar-refractivity contribution is 5.76. The van der Waals surface area contributed by atoms with Crippen molar-refractivity contribution in [2.75, 3.05) is 6.61 Å². The fourth-order valence-electron chi connectivity index (χ4n) is 4.76. The number of hydrogen-bond acceptors (Lipinski definition) is 3. The number of allylic oxidation sites excluding steroid dienone is 8. The van der Waals surface area contributed by atoms with Crippen LogP contribution in [-0.2, 0) is 4.79 Å². The molecule has 0 aromatic rings. The van der Waals surface area contributed by atoms with Crippen molar-refractivity contribution < 1.29 is 15.0 Å². The van der Waals surface area contributed by atoms with Crippen molar-refractivity contribution >= 4 is 5.91 Å². The highest BCUT2D eigenvalue weighted by Gasteiger charge is 2.19. The first-order valence-corrected chi connectivity index (χ1v) is 16.8. The van der Waals surface area contributed by atoms with E-state index < -0.39 is 12.1 Å². The molecule has 0 aromatic heterocycles. The van der Waals surface area contributed by atoms with Crippen LogP contribution in [-0.4, -0.2) is 34.9 Å². The quantitative estimate of drug-likeness (QED) is 0.0631. The molecule has 0 bridgehead atoms. The van der Waals surface area contributed by atoms with Crippen LogP contribution in [0.2, 0.25) is 0 Å². The summed E-state index contributed by atoms with van der Waals surface area (Å²) < 4.78 is 0. The number of aliphatic hydroxyl groups is 2. The Hall–Kier alpha value is -1.65. The zero-order chi connectivity index (χ0) is 29.4. The van der Waals surface area contributed by atoms with Gasteiger partial charge in [0, 0.05) is 6.42 Å². The van der Waals surface area contributed by atoms with Gasteiger partial charge >= 0.3 is 0 Å². The molecule has 232 valence electrons. The number of nitrogens with one attached hydrogen (secondary N) is 1. The first kappa shape index (κ1) is 38.4. The van der Waals surface area contributed by atoms with Crippen molar-refractivity contribution in [2.24, 2.45) is 0 Å². The molecule has 4 heteroatoms. The van der Waals surface area contributed by atoms with Gasteiger partial charge in [-0.2, -0.15) is 0 Å². The van der Waals surface area contributed by atoms with Crippen LogP contribution >= 0.6 is 0 Å².